The Bertz CT molecular complexity index is 2580. The van der Waals surface area contributed by atoms with E-state index in [-0.39, 0.29) is 53.1 Å². The number of fused-ring (bicyclic) bond motifs is 2. The van der Waals surface area contributed by atoms with Gasteiger partial charge in [-0.05, 0) is 53.1 Å². The minimum Gasteiger partial charge on any atom is -0.508 e. The summed E-state index contributed by atoms with van der Waals surface area (Å²) in [7, 11) is -6.98. The molecule has 0 amide bonds. The van der Waals surface area contributed by atoms with Gasteiger partial charge in [0.1, 0.15) is 17.2 Å². The van der Waals surface area contributed by atoms with Crippen molar-refractivity contribution in [1.82, 2.24) is 0 Å². The third kappa shape index (κ3) is 10.2. The fourth-order valence-corrected chi connectivity index (χ4v) is 7.73. The van der Waals surface area contributed by atoms with Gasteiger partial charge in [0.05, 0.1) is 22.0 Å². The molecule has 7 rings (SSSR count). The van der Waals surface area contributed by atoms with Crippen LogP contribution in [-0.4, -0.2) is 81.5 Å². The van der Waals surface area contributed by atoms with E-state index in [4.69, 9.17) is 15.4 Å². The number of aromatic hydroxyl groups is 3. The summed E-state index contributed by atoms with van der Waals surface area (Å²) >= 11 is 0. The Labute approximate surface area is 341 Å². The second-order valence-electron chi connectivity index (χ2n) is 12.4. The van der Waals surface area contributed by atoms with Crippen molar-refractivity contribution in [3.05, 3.63) is 183 Å². The van der Waals surface area contributed by atoms with E-state index in [9.17, 15) is 26.4 Å². The van der Waals surface area contributed by atoms with Gasteiger partial charge in [-0.2, -0.15) is 9.58 Å². The molecule has 0 saturated carbocycles. The summed E-state index contributed by atoms with van der Waals surface area (Å²) in [4.78, 5) is 29.2. The zero-order valence-electron chi connectivity index (χ0n) is 32.6. The molecule has 0 atom stereocenters. The average molecular weight is 824 g/mol. The van der Waals surface area contributed by atoms with Gasteiger partial charge in [0.25, 0.3) is 15.9 Å². The molecule has 0 fully saturated rings. The normalized spacial score (nSPS) is 13.4. The number of benzene rings is 5. The van der Waals surface area contributed by atoms with Gasteiger partial charge in [0.15, 0.2) is 19.7 Å². The quantitative estimate of drug-likeness (QED) is 0.0818. The van der Waals surface area contributed by atoms with Gasteiger partial charge in [0, 0.05) is 40.7 Å². The molecule has 5 aromatic carbocycles. The van der Waals surface area contributed by atoms with Crippen molar-refractivity contribution < 1.29 is 51.3 Å². The highest BCUT2D eigenvalue weighted by Gasteiger charge is 2.34. The minimum absolute atomic E-state index is 0. The Morgan fingerprint density at radius 3 is 1.02 bits per heavy atom. The van der Waals surface area contributed by atoms with Crippen molar-refractivity contribution in [3.63, 3.8) is 0 Å². The van der Waals surface area contributed by atoms with Gasteiger partial charge in [-0.25, -0.2) is 16.8 Å². The molecule has 13 nitrogen and oxygen atoms in total. The summed E-state index contributed by atoms with van der Waals surface area (Å²) < 4.78 is 67.3. The number of hydrogen-bond donors (Lipinski definition) is 3. The van der Waals surface area contributed by atoms with E-state index in [1.165, 1.54) is 12.1 Å². The lowest BCUT2D eigenvalue weighted by Crippen LogP contribution is -2.22. The second-order valence-corrected chi connectivity index (χ2v) is 16.4. The van der Waals surface area contributed by atoms with Crippen LogP contribution in [-0.2, 0) is 19.7 Å². The number of ketones is 2. The van der Waals surface area contributed by atoms with E-state index >= 15 is 0 Å². The van der Waals surface area contributed by atoms with Crippen LogP contribution >= 0.6 is 0 Å². The lowest BCUT2D eigenvalue weighted by Gasteiger charge is -2.19. The zero-order valence-corrected chi connectivity index (χ0v) is 31.2. The first-order valence-corrected chi connectivity index (χ1v) is 20.2. The topological polar surface area (TPSA) is 236 Å². The molecule has 0 heterocycles. The monoisotopic (exact) mass is 823 g/mol. The predicted octanol–water partition coefficient (Wildman–Crippen LogP) is 7.13. The van der Waals surface area contributed by atoms with Gasteiger partial charge in [0.2, 0.25) is 0 Å². The molecular weight excluding hydrogens is 781 g/mol. The van der Waals surface area contributed by atoms with Crippen molar-refractivity contribution >= 4 is 52.5 Å². The number of hydrogen-bond acceptors (Lipinski definition) is 9. The molecule has 2 aliphatic carbocycles. The van der Waals surface area contributed by atoms with Crippen LogP contribution in [0.5, 0.6) is 17.2 Å². The van der Waals surface area contributed by atoms with Crippen molar-refractivity contribution in [2.24, 2.45) is 0 Å². The summed E-state index contributed by atoms with van der Waals surface area (Å²) in [5.41, 5.74) is 21.1. The van der Waals surface area contributed by atoms with Crippen molar-refractivity contribution in [2.45, 2.75) is 20.8 Å². The van der Waals surface area contributed by atoms with Crippen LogP contribution in [0, 0.1) is 0 Å². The average Bonchev–Trinajstić information content (AvgIpc) is 3.24. The number of carbonyl (C=O) groups is 2. The summed E-state index contributed by atoms with van der Waals surface area (Å²) in [5.74, 6) is 0.376. The molecule has 0 radical (unpaired) electrons. The number of carbonyl (C=O) groups excluding carboxylic acids is 2. The molecule has 0 unspecified atom stereocenters. The van der Waals surface area contributed by atoms with E-state index in [0.717, 1.165) is 41.4 Å². The first kappa shape index (κ1) is 40.6. The minimum atomic E-state index is -3.49. The van der Waals surface area contributed by atoms with Crippen LogP contribution in [0.1, 0.15) is 69.3 Å². The van der Waals surface area contributed by atoms with Crippen LogP contribution in [0.3, 0.4) is 0 Å². The van der Waals surface area contributed by atoms with Crippen LogP contribution in [0.2, 0.25) is 0 Å². The molecule has 3 N–H and O–H groups in total. The molecule has 298 valence electrons. The maximum absolute atomic E-state index is 11.8. The van der Waals surface area contributed by atoms with Crippen LogP contribution in [0.4, 0.5) is 0 Å². The number of rotatable bonds is 8. The number of nitrogens with zero attached hydrogens (tertiary/aromatic N) is 4. The highest BCUT2D eigenvalue weighted by atomic mass is 32.2. The largest absolute Gasteiger partial charge is 0.508 e. The van der Waals surface area contributed by atoms with Gasteiger partial charge in [-0.3, -0.25) is 9.59 Å². The molecule has 5 aromatic rings. The fraction of sp³-hybridized carbons (Fsp3) is 0.116. The Morgan fingerprint density at radius 1 is 0.500 bits per heavy atom. The molecule has 0 bridgehead atoms. The molecule has 0 aromatic heterocycles. The van der Waals surface area contributed by atoms with Gasteiger partial charge in [-0.1, -0.05) is 99.8 Å². The van der Waals surface area contributed by atoms with Crippen LogP contribution in [0.15, 0.2) is 133 Å². The second kappa shape index (κ2) is 18.7. The van der Waals surface area contributed by atoms with Crippen molar-refractivity contribution in [1.29, 1.82) is 4.29 Å². The number of Topliss-reactive ketones (excluding diaryl/α,β-unsaturated/α-hetero) is 2. The van der Waals surface area contributed by atoms with E-state index in [1.807, 2.05) is 36.4 Å². The van der Waals surface area contributed by atoms with Gasteiger partial charge >= 0.3 is 11.4 Å². The number of allylic oxidation sites excluding steroid dienone is 2. The summed E-state index contributed by atoms with van der Waals surface area (Å²) in [6, 6.07) is 34.6. The summed E-state index contributed by atoms with van der Waals surface area (Å²) in [6.07, 6.45) is 4.25. The third-order valence-corrected chi connectivity index (χ3v) is 10.8. The maximum Gasteiger partial charge on any atom is 0.364 e. The molecule has 2 aliphatic rings. The zero-order chi connectivity index (χ0) is 42.9. The maximum atomic E-state index is 11.8. The summed E-state index contributed by atoms with van der Waals surface area (Å²) in [5, 5.41) is 13.5. The Morgan fingerprint density at radius 2 is 0.776 bits per heavy atom. The number of phenols is 3. The van der Waals surface area contributed by atoms with Crippen LogP contribution in [0.25, 0.3) is 20.9 Å². The van der Waals surface area contributed by atoms with Crippen molar-refractivity contribution in [2.75, 3.05) is 12.5 Å². The number of sulfone groups is 2. The van der Waals surface area contributed by atoms with Gasteiger partial charge < -0.3 is 26.4 Å². The first-order chi connectivity index (χ1) is 28.1. The predicted molar refractivity (Wildman–Crippen MR) is 223 cm³/mol. The van der Waals surface area contributed by atoms with E-state index < -0.39 is 31.2 Å². The number of phenolic OH excluding ortho intramolecular Hbond substituents is 3. The van der Waals surface area contributed by atoms with E-state index in [0.29, 0.717) is 28.4 Å². The lowest BCUT2D eigenvalue weighted by atomic mass is 9.85. The SMILES string of the molecule is C.C.CS(=O)(=O)C1=CC(=[N+]=[N-])C(=O)c2ccccc21.CS(=O)(=O)C1=CC(=[N+]=[N-])C(=O)c2ccccc21.[2H]Oc1ccc(C(c2ccc(O[2H])cc2)c2ccc(O[2H])cc2)cc1. The van der Waals surface area contributed by atoms with Crippen LogP contribution < -0.4 is 0 Å². The summed E-state index contributed by atoms with van der Waals surface area (Å²) in [6.45, 7) is 0. The highest BCUT2D eigenvalue weighted by Crippen LogP contribution is 2.34. The Hall–Kier alpha value is -7.02. The molecule has 0 saturated heterocycles. The molecule has 0 aliphatic heterocycles. The van der Waals surface area contributed by atoms with Crippen molar-refractivity contribution in [3.8, 4) is 17.2 Å². The van der Waals surface area contributed by atoms with Gasteiger partial charge in [-0.15, -0.1) is 0 Å². The standard InChI is InChI=1S/C19H16O3.2C11H8N2O3S.2CH4/c20-16-7-1-13(2-8-16)19(14-3-9-17(21)10-4-14)15-5-11-18(22)12-6-15;2*1-17(15,16)10-6-9(13-12)11(14)8-5-3-2-4-7(8)10;;/h1-12,19-22H;2*2-6H,1H3;2*1H4/i/hD3. The molecule has 58 heavy (non-hydrogen) atoms. The fourth-order valence-electron chi connectivity index (χ4n) is 5.92. The first-order valence-electron chi connectivity index (χ1n) is 17.6. The Balaban J connectivity index is 0.000000247. The molecule has 0 spiro atoms. The molecular formula is C43H40N4O9S2. The molecule has 15 heteroatoms. The Kier molecular flexibility index (Phi) is 13.1. The lowest BCUT2D eigenvalue weighted by molar-refractivity contribution is -0.00460. The highest BCUT2D eigenvalue weighted by molar-refractivity contribution is 8.00. The van der Waals surface area contributed by atoms with E-state index in [2.05, 4.69) is 24.9 Å². The smallest absolute Gasteiger partial charge is 0.364 e. The third-order valence-electron chi connectivity index (χ3n) is 8.53. The van der Waals surface area contributed by atoms with E-state index in [1.54, 1.807) is 72.8 Å².